The van der Waals surface area contributed by atoms with Crippen molar-refractivity contribution in [3.8, 4) is 0 Å². The van der Waals surface area contributed by atoms with Gasteiger partial charge in [-0.1, -0.05) is 32.9 Å². The molecule has 1 amide bonds. The maximum Gasteiger partial charge on any atom is 0.243 e. The summed E-state index contributed by atoms with van der Waals surface area (Å²) < 4.78 is 0. The van der Waals surface area contributed by atoms with Crippen molar-refractivity contribution in [1.82, 2.24) is 20.5 Å². The van der Waals surface area contributed by atoms with Gasteiger partial charge in [0.2, 0.25) is 5.91 Å². The Hall–Kier alpha value is -1.16. The molecule has 0 atom stereocenters. The Labute approximate surface area is 178 Å². The van der Waals surface area contributed by atoms with Crippen LogP contribution in [0.15, 0.2) is 22.5 Å². The molecule has 1 aromatic heterocycles. The molecule has 0 aliphatic carbocycles. The molecule has 0 bridgehead atoms. The molecule has 0 saturated heterocycles. The Morgan fingerprint density at radius 1 is 1.35 bits per heavy atom. The van der Waals surface area contributed by atoms with E-state index in [1.807, 2.05) is 6.92 Å². The highest BCUT2D eigenvalue weighted by Gasteiger charge is 2.17. The summed E-state index contributed by atoms with van der Waals surface area (Å²) in [4.78, 5) is 22.3. The van der Waals surface area contributed by atoms with Gasteiger partial charge in [0.25, 0.3) is 0 Å². The zero-order chi connectivity index (χ0) is 19.0. The third-order valence-electron chi connectivity index (χ3n) is 3.30. The molecule has 0 radical (unpaired) electrons. The number of thiazole rings is 1. The van der Waals surface area contributed by atoms with Gasteiger partial charge in [0, 0.05) is 44.4 Å². The Kier molecular flexibility index (Phi) is 11.0. The topological polar surface area (TPSA) is 69.6 Å². The van der Waals surface area contributed by atoms with Gasteiger partial charge in [-0.05, 0) is 6.92 Å². The maximum atomic E-state index is 11.7. The second kappa shape index (κ2) is 11.5. The van der Waals surface area contributed by atoms with Crippen LogP contribution in [0.3, 0.4) is 0 Å². The number of aromatic nitrogens is 1. The summed E-state index contributed by atoms with van der Waals surface area (Å²) >= 11 is 1.70. The number of carbonyl (C=O) groups excluding carboxylic acids is 1. The fraction of sp³-hybridized carbons (Fsp3) is 0.611. The number of hydrogen-bond acceptors (Lipinski definition) is 4. The van der Waals surface area contributed by atoms with Gasteiger partial charge in [0.15, 0.2) is 5.96 Å². The van der Waals surface area contributed by atoms with E-state index in [9.17, 15) is 4.79 Å². The van der Waals surface area contributed by atoms with Crippen molar-refractivity contribution in [3.63, 3.8) is 0 Å². The molecule has 0 unspecified atom stereocenters. The quantitative estimate of drug-likeness (QED) is 0.265. The molecule has 0 saturated carbocycles. The monoisotopic (exact) mass is 493 g/mol. The lowest BCUT2D eigenvalue weighted by molar-refractivity contribution is -0.127. The first-order valence-electron chi connectivity index (χ1n) is 8.41. The van der Waals surface area contributed by atoms with Gasteiger partial charge in [-0.3, -0.25) is 4.79 Å². The lowest BCUT2D eigenvalue weighted by Gasteiger charge is -2.14. The van der Waals surface area contributed by atoms with Gasteiger partial charge >= 0.3 is 0 Å². The van der Waals surface area contributed by atoms with E-state index in [0.29, 0.717) is 19.0 Å². The summed E-state index contributed by atoms with van der Waals surface area (Å²) in [6, 6.07) is 0. The molecule has 148 valence electrons. The minimum absolute atomic E-state index is 0. The number of hydrogen-bond donors (Lipinski definition) is 2. The van der Waals surface area contributed by atoms with Crippen molar-refractivity contribution in [2.24, 2.45) is 4.99 Å². The van der Waals surface area contributed by atoms with Crippen molar-refractivity contribution in [2.75, 3.05) is 33.7 Å². The molecule has 6 nitrogen and oxygen atoms in total. The SMILES string of the molecule is C=C(C)CNC(=NCC(=O)N(C)C)NCCc1csc(C(C)(C)C)n1.I. The van der Waals surface area contributed by atoms with E-state index in [2.05, 4.69) is 48.4 Å². The zero-order valence-corrected chi connectivity index (χ0v) is 19.8. The molecular weight excluding hydrogens is 461 g/mol. The molecule has 1 heterocycles. The number of halogens is 1. The Morgan fingerprint density at radius 2 is 2.00 bits per heavy atom. The molecule has 1 rings (SSSR count). The number of nitrogens with one attached hydrogen (secondary N) is 2. The standard InChI is InChI=1S/C18H31N5OS.HI/c1-13(2)10-20-17(21-11-15(24)23(6)7)19-9-8-14-12-25-16(22-14)18(3,4)5;/h12H,1,8-11H2,2-7H3,(H2,19,20,21);1H. The molecule has 1 aromatic rings. The summed E-state index contributed by atoms with van der Waals surface area (Å²) in [5.41, 5.74) is 2.16. The highest BCUT2D eigenvalue weighted by molar-refractivity contribution is 14.0. The molecule has 8 heteroatoms. The van der Waals surface area contributed by atoms with Crippen LogP contribution in [-0.2, 0) is 16.6 Å². The van der Waals surface area contributed by atoms with E-state index in [1.54, 1.807) is 25.4 Å². The lowest BCUT2D eigenvalue weighted by atomic mass is 9.98. The molecule has 0 aliphatic heterocycles. The number of likely N-dealkylation sites (N-methyl/N-ethyl adjacent to an activating group) is 1. The zero-order valence-electron chi connectivity index (χ0n) is 16.7. The van der Waals surface area contributed by atoms with E-state index in [0.717, 1.165) is 22.7 Å². The van der Waals surface area contributed by atoms with Gasteiger partial charge in [-0.15, -0.1) is 35.3 Å². The summed E-state index contributed by atoms with van der Waals surface area (Å²) in [6.45, 7) is 13.8. The van der Waals surface area contributed by atoms with Crippen molar-refractivity contribution in [3.05, 3.63) is 28.2 Å². The molecule has 2 N–H and O–H groups in total. The van der Waals surface area contributed by atoms with E-state index in [1.165, 1.54) is 4.90 Å². The van der Waals surface area contributed by atoms with Crippen LogP contribution < -0.4 is 10.6 Å². The number of guanidine groups is 1. The van der Waals surface area contributed by atoms with Crippen LogP contribution in [0.4, 0.5) is 0 Å². The fourth-order valence-corrected chi connectivity index (χ4v) is 2.71. The van der Waals surface area contributed by atoms with Crippen LogP contribution in [-0.4, -0.2) is 55.5 Å². The first-order valence-corrected chi connectivity index (χ1v) is 9.29. The Balaban J connectivity index is 0.00000625. The predicted molar refractivity (Wildman–Crippen MR) is 122 cm³/mol. The van der Waals surface area contributed by atoms with Crippen LogP contribution in [0.2, 0.25) is 0 Å². The highest BCUT2D eigenvalue weighted by Crippen LogP contribution is 2.25. The van der Waals surface area contributed by atoms with E-state index in [-0.39, 0.29) is 41.8 Å². The van der Waals surface area contributed by atoms with Crippen LogP contribution in [0.1, 0.15) is 38.4 Å². The Morgan fingerprint density at radius 3 is 2.50 bits per heavy atom. The van der Waals surface area contributed by atoms with Crippen LogP contribution in [0.5, 0.6) is 0 Å². The van der Waals surface area contributed by atoms with Crippen molar-refractivity contribution < 1.29 is 4.79 Å². The number of amides is 1. The summed E-state index contributed by atoms with van der Waals surface area (Å²) in [6.07, 6.45) is 0.808. The lowest BCUT2D eigenvalue weighted by Crippen LogP contribution is -2.40. The molecule has 0 aliphatic rings. The Bertz CT molecular complexity index is 619. The van der Waals surface area contributed by atoms with E-state index in [4.69, 9.17) is 4.98 Å². The molecule has 0 spiro atoms. The highest BCUT2D eigenvalue weighted by atomic mass is 127. The van der Waals surface area contributed by atoms with E-state index < -0.39 is 0 Å². The number of nitrogens with zero attached hydrogens (tertiary/aromatic N) is 3. The molecule has 0 fully saturated rings. The van der Waals surface area contributed by atoms with Crippen molar-refractivity contribution >= 4 is 47.2 Å². The average molecular weight is 493 g/mol. The van der Waals surface area contributed by atoms with Crippen molar-refractivity contribution in [1.29, 1.82) is 0 Å². The number of aliphatic imine (C=N–C) groups is 1. The molecular formula is C18H32IN5OS. The van der Waals surface area contributed by atoms with Gasteiger partial charge in [-0.25, -0.2) is 9.98 Å². The largest absolute Gasteiger partial charge is 0.356 e. The average Bonchev–Trinajstić information content (AvgIpc) is 2.97. The van der Waals surface area contributed by atoms with E-state index >= 15 is 0 Å². The molecule has 0 aromatic carbocycles. The second-order valence-electron chi connectivity index (χ2n) is 7.33. The van der Waals surface area contributed by atoms with Gasteiger partial charge in [0.05, 0.1) is 10.7 Å². The molecule has 26 heavy (non-hydrogen) atoms. The minimum atomic E-state index is -0.0363. The second-order valence-corrected chi connectivity index (χ2v) is 8.19. The fourth-order valence-electron chi connectivity index (χ4n) is 1.77. The normalized spacial score (nSPS) is 11.5. The van der Waals surface area contributed by atoms with Gasteiger partial charge in [0.1, 0.15) is 6.54 Å². The van der Waals surface area contributed by atoms with Crippen LogP contribution in [0, 0.1) is 0 Å². The first kappa shape index (κ1) is 24.8. The maximum absolute atomic E-state index is 11.7. The van der Waals surface area contributed by atoms with Gasteiger partial charge in [-0.2, -0.15) is 0 Å². The summed E-state index contributed by atoms with van der Waals surface area (Å²) in [5, 5.41) is 9.69. The smallest absolute Gasteiger partial charge is 0.243 e. The summed E-state index contributed by atoms with van der Waals surface area (Å²) in [7, 11) is 3.45. The predicted octanol–water partition coefficient (Wildman–Crippen LogP) is 2.80. The van der Waals surface area contributed by atoms with Crippen LogP contribution in [0.25, 0.3) is 0 Å². The number of rotatable bonds is 7. The van der Waals surface area contributed by atoms with Gasteiger partial charge < -0.3 is 15.5 Å². The minimum Gasteiger partial charge on any atom is -0.356 e. The van der Waals surface area contributed by atoms with Crippen molar-refractivity contribution in [2.45, 2.75) is 39.5 Å². The summed E-state index contributed by atoms with van der Waals surface area (Å²) in [5.74, 6) is 0.579. The van der Waals surface area contributed by atoms with Crippen LogP contribution >= 0.6 is 35.3 Å². The first-order chi connectivity index (χ1) is 11.6. The number of carbonyl (C=O) groups is 1. The third kappa shape index (κ3) is 9.51. The third-order valence-corrected chi connectivity index (χ3v) is 4.61.